The van der Waals surface area contributed by atoms with Crippen LogP contribution in [0, 0.1) is 0 Å². The topological polar surface area (TPSA) is 58.6 Å². The highest BCUT2D eigenvalue weighted by Crippen LogP contribution is 2.29. The number of nitrogens with one attached hydrogen (secondary N) is 1. The van der Waals surface area contributed by atoms with E-state index in [1.807, 2.05) is 18.2 Å². The molecule has 1 aromatic rings. The second-order valence-corrected chi connectivity index (χ2v) is 6.51. The van der Waals surface area contributed by atoms with Crippen molar-refractivity contribution in [3.8, 4) is 0 Å². The molecule has 2 saturated heterocycles. The molecule has 0 unspecified atom stereocenters. The Hall–Kier alpha value is -1.59. The van der Waals surface area contributed by atoms with Gasteiger partial charge in [-0.1, -0.05) is 23.7 Å². The van der Waals surface area contributed by atoms with E-state index in [-0.39, 0.29) is 24.0 Å². The number of para-hydroxylation sites is 1. The number of anilines is 1. The van der Waals surface area contributed by atoms with Crippen LogP contribution in [0.3, 0.4) is 0 Å². The minimum Gasteiger partial charge on any atom is -0.378 e. The van der Waals surface area contributed by atoms with Crippen LogP contribution in [0.4, 0.5) is 5.69 Å². The van der Waals surface area contributed by atoms with Crippen molar-refractivity contribution >= 4 is 29.1 Å². The number of rotatable bonds is 5. The van der Waals surface area contributed by atoms with Gasteiger partial charge in [0.2, 0.25) is 11.8 Å². The van der Waals surface area contributed by atoms with Gasteiger partial charge in [-0.2, -0.15) is 0 Å². The minimum atomic E-state index is -0.157. The number of halogens is 1. The molecule has 0 aromatic heterocycles. The van der Waals surface area contributed by atoms with Gasteiger partial charge in [-0.3, -0.25) is 9.59 Å². The molecule has 0 aliphatic carbocycles. The molecule has 2 fully saturated rings. The summed E-state index contributed by atoms with van der Waals surface area (Å²) >= 11 is 6.15. The van der Waals surface area contributed by atoms with Crippen molar-refractivity contribution < 1.29 is 14.3 Å². The highest BCUT2D eigenvalue weighted by atomic mass is 35.5. The summed E-state index contributed by atoms with van der Waals surface area (Å²) in [7, 11) is 0. The highest BCUT2D eigenvalue weighted by Gasteiger charge is 2.32. The molecule has 6 heteroatoms. The van der Waals surface area contributed by atoms with Crippen LogP contribution in [-0.2, 0) is 14.3 Å². The lowest BCUT2D eigenvalue weighted by molar-refractivity contribution is -0.122. The fourth-order valence-corrected chi connectivity index (χ4v) is 3.41. The first-order chi connectivity index (χ1) is 11.1. The molecular weight excluding hydrogens is 316 g/mol. The normalized spacial score (nSPS) is 24.2. The maximum atomic E-state index is 12.2. The number of benzene rings is 1. The first-order valence-electron chi connectivity index (χ1n) is 8.09. The van der Waals surface area contributed by atoms with Crippen LogP contribution in [0.25, 0.3) is 0 Å². The maximum absolute atomic E-state index is 12.2. The van der Waals surface area contributed by atoms with E-state index in [4.69, 9.17) is 16.3 Å². The van der Waals surface area contributed by atoms with Crippen LogP contribution in [0.2, 0.25) is 5.02 Å². The van der Waals surface area contributed by atoms with Crippen molar-refractivity contribution in [1.29, 1.82) is 0 Å². The third kappa shape index (κ3) is 4.03. The summed E-state index contributed by atoms with van der Waals surface area (Å²) in [5.41, 5.74) is 0.704. The summed E-state index contributed by atoms with van der Waals surface area (Å²) in [6.07, 6.45) is 3.84. The Morgan fingerprint density at radius 3 is 2.96 bits per heavy atom. The SMILES string of the molecule is O=C(CC[C@@H]1CCCO1)N[C@@H]1CC(=O)N(c2ccccc2Cl)C1. The van der Waals surface area contributed by atoms with Gasteiger partial charge in [-0.15, -0.1) is 0 Å². The van der Waals surface area contributed by atoms with Gasteiger partial charge in [0.15, 0.2) is 0 Å². The quantitative estimate of drug-likeness (QED) is 0.898. The van der Waals surface area contributed by atoms with Crippen molar-refractivity contribution in [3.63, 3.8) is 0 Å². The molecule has 0 spiro atoms. The predicted octanol–water partition coefficient (Wildman–Crippen LogP) is 2.52. The number of hydrogen-bond acceptors (Lipinski definition) is 3. The van der Waals surface area contributed by atoms with E-state index in [9.17, 15) is 9.59 Å². The number of ether oxygens (including phenoxy) is 1. The molecule has 124 valence electrons. The molecule has 23 heavy (non-hydrogen) atoms. The Morgan fingerprint density at radius 1 is 1.39 bits per heavy atom. The Kier molecular flexibility index (Phi) is 5.18. The van der Waals surface area contributed by atoms with Crippen molar-refractivity contribution in [2.45, 2.75) is 44.2 Å². The standard InChI is InChI=1S/C17H21ClN2O3/c18-14-5-1-2-6-15(14)20-11-12(10-17(20)22)19-16(21)8-7-13-4-3-9-23-13/h1-2,5-6,12-13H,3-4,7-11H2,(H,19,21)/t12-,13+/m1/s1. The Balaban J connectivity index is 1.51. The number of amides is 2. The molecule has 1 aromatic carbocycles. The minimum absolute atomic E-state index is 0.0115. The smallest absolute Gasteiger partial charge is 0.229 e. The van der Waals surface area contributed by atoms with Crippen LogP contribution < -0.4 is 10.2 Å². The number of carbonyl (C=O) groups is 2. The number of nitrogens with zero attached hydrogens (tertiary/aromatic N) is 1. The molecule has 5 nitrogen and oxygen atoms in total. The molecule has 3 rings (SSSR count). The summed E-state index contributed by atoms with van der Waals surface area (Å²) in [6, 6.07) is 7.11. The molecule has 2 heterocycles. The fraction of sp³-hybridized carbons (Fsp3) is 0.529. The van der Waals surface area contributed by atoms with E-state index < -0.39 is 0 Å². The Labute approximate surface area is 140 Å². The third-order valence-corrected chi connectivity index (χ3v) is 4.67. The second-order valence-electron chi connectivity index (χ2n) is 6.10. The number of carbonyl (C=O) groups excluding carboxylic acids is 2. The first kappa shape index (κ1) is 16.3. The van der Waals surface area contributed by atoms with Crippen LogP contribution in [0.1, 0.15) is 32.1 Å². The average molecular weight is 337 g/mol. The predicted molar refractivity (Wildman–Crippen MR) is 88.6 cm³/mol. The van der Waals surface area contributed by atoms with Gasteiger partial charge >= 0.3 is 0 Å². The number of hydrogen-bond donors (Lipinski definition) is 1. The maximum Gasteiger partial charge on any atom is 0.229 e. The Morgan fingerprint density at radius 2 is 2.22 bits per heavy atom. The van der Waals surface area contributed by atoms with Crippen LogP contribution in [-0.4, -0.2) is 37.1 Å². The molecule has 2 aliphatic heterocycles. The largest absolute Gasteiger partial charge is 0.378 e. The van der Waals surface area contributed by atoms with E-state index in [0.29, 0.717) is 30.1 Å². The van der Waals surface area contributed by atoms with E-state index in [0.717, 1.165) is 25.9 Å². The monoisotopic (exact) mass is 336 g/mol. The highest BCUT2D eigenvalue weighted by molar-refractivity contribution is 6.33. The van der Waals surface area contributed by atoms with Gasteiger partial charge in [0.1, 0.15) is 0 Å². The zero-order valence-electron chi connectivity index (χ0n) is 13.0. The van der Waals surface area contributed by atoms with Gasteiger partial charge < -0.3 is 15.0 Å². The van der Waals surface area contributed by atoms with Gasteiger partial charge in [-0.25, -0.2) is 0 Å². The summed E-state index contributed by atoms with van der Waals surface area (Å²) in [6.45, 7) is 1.27. The van der Waals surface area contributed by atoms with Crippen molar-refractivity contribution in [3.05, 3.63) is 29.3 Å². The summed E-state index contributed by atoms with van der Waals surface area (Å²) in [5.74, 6) is -0.0261. The lowest BCUT2D eigenvalue weighted by atomic mass is 10.1. The first-order valence-corrected chi connectivity index (χ1v) is 8.47. The van der Waals surface area contributed by atoms with Gasteiger partial charge in [-0.05, 0) is 31.4 Å². The summed E-state index contributed by atoms with van der Waals surface area (Å²) < 4.78 is 5.52. The molecule has 1 N–H and O–H groups in total. The van der Waals surface area contributed by atoms with E-state index in [1.54, 1.807) is 11.0 Å². The van der Waals surface area contributed by atoms with Crippen LogP contribution >= 0.6 is 11.6 Å². The molecule has 2 aliphatic rings. The van der Waals surface area contributed by atoms with E-state index in [1.165, 1.54) is 0 Å². The lowest BCUT2D eigenvalue weighted by Crippen LogP contribution is -2.37. The Bertz CT molecular complexity index is 587. The second kappa shape index (κ2) is 7.32. The fourth-order valence-electron chi connectivity index (χ4n) is 3.17. The molecule has 2 atom stereocenters. The van der Waals surface area contributed by atoms with E-state index >= 15 is 0 Å². The van der Waals surface area contributed by atoms with Crippen molar-refractivity contribution in [1.82, 2.24) is 5.32 Å². The van der Waals surface area contributed by atoms with Gasteiger partial charge in [0, 0.05) is 26.0 Å². The molecule has 0 bridgehead atoms. The summed E-state index contributed by atoms with van der Waals surface area (Å²) in [5, 5.41) is 3.50. The van der Waals surface area contributed by atoms with Crippen LogP contribution in [0.5, 0.6) is 0 Å². The zero-order valence-corrected chi connectivity index (χ0v) is 13.7. The van der Waals surface area contributed by atoms with Crippen LogP contribution in [0.15, 0.2) is 24.3 Å². The average Bonchev–Trinajstić information content (AvgIpc) is 3.16. The van der Waals surface area contributed by atoms with Gasteiger partial charge in [0.25, 0.3) is 0 Å². The molecule has 2 amide bonds. The third-order valence-electron chi connectivity index (χ3n) is 4.35. The van der Waals surface area contributed by atoms with Crippen molar-refractivity contribution in [2.75, 3.05) is 18.1 Å². The molecule has 0 saturated carbocycles. The molecular formula is C17H21ClN2O3. The lowest BCUT2D eigenvalue weighted by Gasteiger charge is -2.18. The van der Waals surface area contributed by atoms with E-state index in [2.05, 4.69) is 5.32 Å². The summed E-state index contributed by atoms with van der Waals surface area (Å²) in [4.78, 5) is 25.9. The zero-order chi connectivity index (χ0) is 16.2. The van der Waals surface area contributed by atoms with Gasteiger partial charge in [0.05, 0.1) is 22.9 Å². The van der Waals surface area contributed by atoms with Crippen molar-refractivity contribution in [2.24, 2.45) is 0 Å². The molecule has 0 radical (unpaired) electrons.